The standard InChI is InChI=1S/C14H5Br4Cl2NO3/c15-8-6(7(14(23)24)9(16)11(18)10(8)17)13(22)21-5-3-1-2-4(19)12(5)20/h1-3H,(H,21,22)(H,23,24). The minimum Gasteiger partial charge on any atom is -0.478 e. The summed E-state index contributed by atoms with van der Waals surface area (Å²) in [7, 11) is 0. The number of benzene rings is 2. The first-order chi connectivity index (χ1) is 11.2. The van der Waals surface area contributed by atoms with E-state index in [9.17, 15) is 14.7 Å². The monoisotopic (exact) mass is 621 g/mol. The molecule has 0 saturated carbocycles. The van der Waals surface area contributed by atoms with E-state index in [1.54, 1.807) is 18.2 Å². The van der Waals surface area contributed by atoms with Gasteiger partial charge in [-0.1, -0.05) is 29.3 Å². The number of amides is 1. The van der Waals surface area contributed by atoms with Gasteiger partial charge in [0.05, 0.1) is 26.9 Å². The van der Waals surface area contributed by atoms with Crippen LogP contribution < -0.4 is 5.32 Å². The molecule has 10 heteroatoms. The highest BCUT2D eigenvalue weighted by Crippen LogP contribution is 2.42. The predicted molar refractivity (Wildman–Crippen MR) is 109 cm³/mol. The van der Waals surface area contributed by atoms with Gasteiger partial charge in [-0.25, -0.2) is 4.79 Å². The molecule has 2 rings (SSSR count). The number of carboxylic acids is 1. The van der Waals surface area contributed by atoms with Crippen LogP contribution in [0.4, 0.5) is 5.69 Å². The molecule has 0 heterocycles. The van der Waals surface area contributed by atoms with E-state index in [0.29, 0.717) is 8.95 Å². The molecule has 0 atom stereocenters. The number of hydrogen-bond donors (Lipinski definition) is 2. The number of rotatable bonds is 3. The molecule has 24 heavy (non-hydrogen) atoms. The zero-order chi connectivity index (χ0) is 18.2. The molecule has 0 unspecified atom stereocenters. The van der Waals surface area contributed by atoms with Gasteiger partial charge in [-0.3, -0.25) is 4.79 Å². The van der Waals surface area contributed by atoms with E-state index >= 15 is 0 Å². The molecule has 2 aromatic carbocycles. The fourth-order valence-electron chi connectivity index (χ4n) is 1.83. The number of nitrogens with one attached hydrogen (secondary N) is 1. The van der Waals surface area contributed by atoms with Crippen molar-refractivity contribution < 1.29 is 14.7 Å². The second-order valence-electron chi connectivity index (χ2n) is 4.37. The van der Waals surface area contributed by atoms with Crippen LogP contribution in [0, 0.1) is 0 Å². The van der Waals surface area contributed by atoms with Crippen LogP contribution >= 0.6 is 86.9 Å². The van der Waals surface area contributed by atoms with E-state index < -0.39 is 11.9 Å². The normalized spacial score (nSPS) is 10.6. The maximum absolute atomic E-state index is 12.7. The predicted octanol–water partition coefficient (Wildman–Crippen LogP) is 6.99. The van der Waals surface area contributed by atoms with Gasteiger partial charge in [-0.05, 0) is 75.9 Å². The summed E-state index contributed by atoms with van der Waals surface area (Å²) in [6, 6.07) is 4.75. The fourth-order valence-corrected chi connectivity index (χ4v) is 4.65. The molecular formula is C14H5Br4Cl2NO3. The van der Waals surface area contributed by atoms with Gasteiger partial charge < -0.3 is 10.4 Å². The average molecular weight is 626 g/mol. The first kappa shape index (κ1) is 20.2. The van der Waals surface area contributed by atoms with Crippen molar-refractivity contribution in [2.24, 2.45) is 0 Å². The Hall–Kier alpha value is -0.120. The molecule has 0 bridgehead atoms. The van der Waals surface area contributed by atoms with Crippen molar-refractivity contribution in [2.75, 3.05) is 5.32 Å². The van der Waals surface area contributed by atoms with Crippen LogP contribution in [0.25, 0.3) is 0 Å². The summed E-state index contributed by atoms with van der Waals surface area (Å²) in [5.41, 5.74) is 0.000613. The number of halogens is 6. The Bertz CT molecular complexity index is 874. The Balaban J connectivity index is 2.61. The van der Waals surface area contributed by atoms with Crippen molar-refractivity contribution >= 4 is 104 Å². The van der Waals surface area contributed by atoms with Crippen LogP contribution in [0.15, 0.2) is 36.1 Å². The molecule has 0 radical (unpaired) electrons. The van der Waals surface area contributed by atoms with Crippen molar-refractivity contribution in [3.8, 4) is 0 Å². The molecular weight excluding hydrogens is 621 g/mol. The molecule has 0 aliphatic carbocycles. The molecule has 0 aliphatic rings. The van der Waals surface area contributed by atoms with Gasteiger partial charge in [0.25, 0.3) is 5.91 Å². The topological polar surface area (TPSA) is 66.4 Å². The number of carboxylic acid groups (broad SMARTS) is 1. The third kappa shape index (κ3) is 3.83. The van der Waals surface area contributed by atoms with Gasteiger partial charge in [0.1, 0.15) is 0 Å². The average Bonchev–Trinajstić information content (AvgIpc) is 2.52. The van der Waals surface area contributed by atoms with E-state index in [0.717, 1.165) is 0 Å². The highest BCUT2D eigenvalue weighted by molar-refractivity contribution is 9.15. The van der Waals surface area contributed by atoms with Gasteiger partial charge in [0.2, 0.25) is 0 Å². The van der Waals surface area contributed by atoms with Crippen molar-refractivity contribution in [1.29, 1.82) is 0 Å². The molecule has 2 N–H and O–H groups in total. The zero-order valence-corrected chi connectivity index (χ0v) is 19.1. The van der Waals surface area contributed by atoms with E-state index in [1.807, 2.05) is 0 Å². The smallest absolute Gasteiger partial charge is 0.337 e. The summed E-state index contributed by atoms with van der Waals surface area (Å²) < 4.78 is 1.46. The number of aromatic carboxylic acids is 1. The SMILES string of the molecule is O=C(O)c1c(Br)c(Br)c(Br)c(Br)c1C(=O)Nc1cccc(Cl)c1Cl. The summed E-state index contributed by atoms with van der Waals surface area (Å²) in [4.78, 5) is 24.3. The Kier molecular flexibility index (Phi) is 6.78. The quantitative estimate of drug-likeness (QED) is 0.285. The van der Waals surface area contributed by atoms with Gasteiger partial charge in [-0.2, -0.15) is 0 Å². The highest BCUT2D eigenvalue weighted by atomic mass is 79.9. The summed E-state index contributed by atoms with van der Waals surface area (Å²) >= 11 is 25.0. The number of carbonyl (C=O) groups excluding carboxylic acids is 1. The van der Waals surface area contributed by atoms with Crippen molar-refractivity contribution in [3.05, 3.63) is 57.3 Å². The molecule has 0 fully saturated rings. The van der Waals surface area contributed by atoms with Crippen LogP contribution in [0.1, 0.15) is 20.7 Å². The number of hydrogen-bond acceptors (Lipinski definition) is 2. The van der Waals surface area contributed by atoms with E-state index in [1.165, 1.54) is 0 Å². The van der Waals surface area contributed by atoms with Gasteiger partial charge >= 0.3 is 5.97 Å². The van der Waals surface area contributed by atoms with Gasteiger partial charge in [0.15, 0.2) is 0 Å². The molecule has 0 aromatic heterocycles. The van der Waals surface area contributed by atoms with Crippen LogP contribution in [-0.2, 0) is 0 Å². The molecule has 126 valence electrons. The maximum Gasteiger partial charge on any atom is 0.337 e. The van der Waals surface area contributed by atoms with E-state index in [2.05, 4.69) is 69.0 Å². The van der Waals surface area contributed by atoms with E-state index in [4.69, 9.17) is 23.2 Å². The van der Waals surface area contributed by atoms with Gasteiger partial charge in [-0.15, -0.1) is 0 Å². The highest BCUT2D eigenvalue weighted by Gasteiger charge is 2.28. The van der Waals surface area contributed by atoms with Crippen molar-refractivity contribution in [3.63, 3.8) is 0 Å². The molecule has 0 aliphatic heterocycles. The second-order valence-corrected chi connectivity index (χ2v) is 8.32. The maximum atomic E-state index is 12.7. The Morgan fingerprint density at radius 1 is 0.917 bits per heavy atom. The third-order valence-corrected chi connectivity index (χ3v) is 8.49. The second kappa shape index (κ2) is 8.05. The Morgan fingerprint density at radius 2 is 1.46 bits per heavy atom. The van der Waals surface area contributed by atoms with E-state index in [-0.39, 0.29) is 35.8 Å². The molecule has 0 spiro atoms. The Labute approximate surface area is 180 Å². The molecule has 4 nitrogen and oxygen atoms in total. The number of carbonyl (C=O) groups is 2. The molecule has 2 aromatic rings. The largest absolute Gasteiger partial charge is 0.478 e. The lowest BCUT2D eigenvalue weighted by molar-refractivity contribution is 0.0691. The van der Waals surface area contributed by atoms with Crippen LogP contribution in [-0.4, -0.2) is 17.0 Å². The summed E-state index contributed by atoms with van der Waals surface area (Å²) in [5, 5.41) is 12.5. The first-order valence-corrected chi connectivity index (χ1v) is 9.94. The fraction of sp³-hybridized carbons (Fsp3) is 0. The van der Waals surface area contributed by atoms with Crippen LogP contribution in [0.3, 0.4) is 0 Å². The summed E-state index contributed by atoms with van der Waals surface area (Å²) in [5.74, 6) is -1.92. The minimum atomic E-state index is -1.27. The first-order valence-electron chi connectivity index (χ1n) is 6.01. The minimum absolute atomic E-state index is 0.0690. The molecule has 1 amide bonds. The Morgan fingerprint density at radius 3 is 2.00 bits per heavy atom. The third-order valence-electron chi connectivity index (χ3n) is 2.91. The van der Waals surface area contributed by atoms with Crippen molar-refractivity contribution in [2.45, 2.75) is 0 Å². The lowest BCUT2D eigenvalue weighted by atomic mass is 10.1. The summed E-state index contributed by atoms with van der Waals surface area (Å²) in [6.07, 6.45) is 0. The zero-order valence-electron chi connectivity index (χ0n) is 11.3. The van der Waals surface area contributed by atoms with Crippen molar-refractivity contribution in [1.82, 2.24) is 0 Å². The lowest BCUT2D eigenvalue weighted by Crippen LogP contribution is -2.18. The van der Waals surface area contributed by atoms with Gasteiger partial charge in [0, 0.05) is 17.9 Å². The lowest BCUT2D eigenvalue weighted by Gasteiger charge is -2.15. The van der Waals surface area contributed by atoms with Crippen LogP contribution in [0.5, 0.6) is 0 Å². The number of anilines is 1. The van der Waals surface area contributed by atoms with Crippen LogP contribution in [0.2, 0.25) is 10.0 Å². The summed E-state index contributed by atoms with van der Waals surface area (Å²) in [6.45, 7) is 0. The molecule has 0 saturated heterocycles.